The quantitative estimate of drug-likeness (QED) is 0.771. The molecule has 0 amide bonds. The molecule has 2 heteroatoms. The van der Waals surface area contributed by atoms with Crippen molar-refractivity contribution < 1.29 is 9.53 Å². The molecule has 4 rings (SSSR count). The monoisotopic (exact) mass is 252 g/mol. The SMILES string of the molecule is CCC1(C)CC2(O1)C(=O)c1cccc3cccc2c13. The highest BCUT2D eigenvalue weighted by atomic mass is 16.6. The van der Waals surface area contributed by atoms with Crippen LogP contribution in [0, 0.1) is 0 Å². The third kappa shape index (κ3) is 1.18. The van der Waals surface area contributed by atoms with Gasteiger partial charge in [-0.15, -0.1) is 0 Å². The fourth-order valence-corrected chi connectivity index (χ4v) is 3.62. The topological polar surface area (TPSA) is 26.3 Å². The molecule has 2 atom stereocenters. The van der Waals surface area contributed by atoms with Gasteiger partial charge in [-0.2, -0.15) is 0 Å². The summed E-state index contributed by atoms with van der Waals surface area (Å²) in [5, 5.41) is 2.22. The molecule has 2 aromatic carbocycles. The van der Waals surface area contributed by atoms with Crippen LogP contribution < -0.4 is 0 Å². The first-order chi connectivity index (χ1) is 9.10. The van der Waals surface area contributed by atoms with E-state index in [0.717, 1.165) is 34.7 Å². The number of ether oxygens (including phenoxy) is 1. The maximum atomic E-state index is 12.8. The van der Waals surface area contributed by atoms with Gasteiger partial charge >= 0.3 is 0 Å². The zero-order valence-corrected chi connectivity index (χ0v) is 11.2. The molecule has 2 aliphatic rings. The van der Waals surface area contributed by atoms with Crippen molar-refractivity contribution in [1.82, 2.24) is 0 Å². The number of benzene rings is 2. The molecule has 0 aromatic heterocycles. The van der Waals surface area contributed by atoms with Crippen molar-refractivity contribution in [1.29, 1.82) is 0 Å². The smallest absolute Gasteiger partial charge is 0.199 e. The fourth-order valence-electron chi connectivity index (χ4n) is 3.62. The lowest BCUT2D eigenvalue weighted by Crippen LogP contribution is -2.58. The molecule has 0 N–H and O–H groups in total. The van der Waals surface area contributed by atoms with E-state index in [1.807, 2.05) is 24.3 Å². The van der Waals surface area contributed by atoms with Crippen LogP contribution in [-0.4, -0.2) is 11.4 Å². The Kier molecular flexibility index (Phi) is 1.92. The van der Waals surface area contributed by atoms with Gasteiger partial charge in [0.2, 0.25) is 0 Å². The van der Waals surface area contributed by atoms with Gasteiger partial charge in [-0.25, -0.2) is 0 Å². The number of carbonyl (C=O) groups excluding carboxylic acids is 1. The van der Waals surface area contributed by atoms with Gasteiger partial charge < -0.3 is 4.74 Å². The summed E-state index contributed by atoms with van der Waals surface area (Å²) in [7, 11) is 0. The van der Waals surface area contributed by atoms with E-state index in [4.69, 9.17) is 4.74 Å². The van der Waals surface area contributed by atoms with E-state index in [9.17, 15) is 4.79 Å². The lowest BCUT2D eigenvalue weighted by molar-refractivity contribution is -0.243. The minimum Gasteiger partial charge on any atom is -0.356 e. The summed E-state index contributed by atoms with van der Waals surface area (Å²) in [6.07, 6.45) is 1.73. The summed E-state index contributed by atoms with van der Waals surface area (Å²) in [5.41, 5.74) is 1.04. The summed E-state index contributed by atoms with van der Waals surface area (Å²) >= 11 is 0. The molecule has 1 saturated heterocycles. The molecular formula is C17H16O2. The van der Waals surface area contributed by atoms with Crippen LogP contribution in [0.2, 0.25) is 0 Å². The summed E-state index contributed by atoms with van der Waals surface area (Å²) in [5.74, 6) is 0.144. The number of fused-ring (bicyclic) bond motifs is 1. The molecule has 2 nitrogen and oxygen atoms in total. The second kappa shape index (κ2) is 3.26. The van der Waals surface area contributed by atoms with Gasteiger partial charge in [0.15, 0.2) is 11.4 Å². The van der Waals surface area contributed by atoms with Crippen molar-refractivity contribution in [3.63, 3.8) is 0 Å². The van der Waals surface area contributed by atoms with E-state index >= 15 is 0 Å². The van der Waals surface area contributed by atoms with Crippen LogP contribution in [0.4, 0.5) is 0 Å². The van der Waals surface area contributed by atoms with E-state index in [1.165, 1.54) is 0 Å². The first-order valence-corrected chi connectivity index (χ1v) is 6.87. The van der Waals surface area contributed by atoms with E-state index < -0.39 is 5.60 Å². The maximum absolute atomic E-state index is 12.8. The van der Waals surface area contributed by atoms with Gasteiger partial charge in [-0.05, 0) is 24.1 Å². The molecular weight excluding hydrogens is 236 g/mol. The summed E-state index contributed by atoms with van der Waals surface area (Å²) in [6.45, 7) is 4.20. The Morgan fingerprint density at radius 1 is 1.21 bits per heavy atom. The minimum atomic E-state index is -0.700. The third-order valence-electron chi connectivity index (χ3n) is 4.74. The summed E-state index contributed by atoms with van der Waals surface area (Å²) in [6, 6.07) is 12.1. The molecule has 1 spiro atoms. The van der Waals surface area contributed by atoms with E-state index in [1.54, 1.807) is 0 Å². The highest BCUT2D eigenvalue weighted by molar-refractivity contribution is 6.20. The van der Waals surface area contributed by atoms with Crippen LogP contribution >= 0.6 is 0 Å². The van der Waals surface area contributed by atoms with Gasteiger partial charge in [0.25, 0.3) is 0 Å². The van der Waals surface area contributed by atoms with Crippen molar-refractivity contribution in [3.05, 3.63) is 47.5 Å². The molecule has 1 aliphatic carbocycles. The number of Topliss-reactive ketones (excluding diaryl/α,β-unsaturated/α-hetero) is 1. The van der Waals surface area contributed by atoms with Gasteiger partial charge in [0, 0.05) is 17.5 Å². The largest absolute Gasteiger partial charge is 0.356 e. The van der Waals surface area contributed by atoms with Crippen LogP contribution in [-0.2, 0) is 10.3 Å². The van der Waals surface area contributed by atoms with Gasteiger partial charge in [-0.3, -0.25) is 4.79 Å². The number of hydrogen-bond donors (Lipinski definition) is 0. The molecule has 1 aliphatic heterocycles. The number of ketones is 1. The van der Waals surface area contributed by atoms with Crippen molar-refractivity contribution in [3.8, 4) is 0 Å². The van der Waals surface area contributed by atoms with E-state index in [-0.39, 0.29) is 11.4 Å². The van der Waals surface area contributed by atoms with E-state index in [2.05, 4.69) is 26.0 Å². The summed E-state index contributed by atoms with van der Waals surface area (Å²) < 4.78 is 6.16. The Bertz CT molecular complexity index is 703. The Morgan fingerprint density at radius 3 is 2.58 bits per heavy atom. The maximum Gasteiger partial charge on any atom is 0.199 e. The molecule has 1 fully saturated rings. The molecule has 96 valence electrons. The Balaban J connectivity index is 1.96. The van der Waals surface area contributed by atoms with E-state index in [0.29, 0.717) is 0 Å². The van der Waals surface area contributed by atoms with Crippen LogP contribution in [0.15, 0.2) is 36.4 Å². The summed E-state index contributed by atoms with van der Waals surface area (Å²) in [4.78, 5) is 12.8. The first-order valence-electron chi connectivity index (χ1n) is 6.87. The lowest BCUT2D eigenvalue weighted by Gasteiger charge is -2.52. The molecule has 2 aromatic rings. The third-order valence-corrected chi connectivity index (χ3v) is 4.74. The van der Waals surface area contributed by atoms with Crippen LogP contribution in [0.3, 0.4) is 0 Å². The van der Waals surface area contributed by atoms with Crippen LogP contribution in [0.5, 0.6) is 0 Å². The number of hydrogen-bond acceptors (Lipinski definition) is 2. The minimum absolute atomic E-state index is 0.144. The van der Waals surface area contributed by atoms with Crippen LogP contribution in [0.25, 0.3) is 10.8 Å². The highest BCUT2D eigenvalue weighted by Crippen LogP contribution is 2.57. The molecule has 0 bridgehead atoms. The number of rotatable bonds is 1. The predicted molar refractivity (Wildman–Crippen MR) is 74.4 cm³/mol. The predicted octanol–water partition coefficient (Wildman–Crippen LogP) is 3.82. The Morgan fingerprint density at radius 2 is 1.89 bits per heavy atom. The van der Waals surface area contributed by atoms with Crippen molar-refractivity contribution >= 4 is 16.6 Å². The Hall–Kier alpha value is -1.67. The van der Waals surface area contributed by atoms with Crippen molar-refractivity contribution in [2.75, 3.05) is 0 Å². The number of carbonyl (C=O) groups is 1. The second-order valence-electron chi connectivity index (χ2n) is 5.95. The zero-order valence-electron chi connectivity index (χ0n) is 11.2. The average Bonchev–Trinajstić information content (AvgIpc) is 2.64. The zero-order chi connectivity index (χ0) is 13.3. The highest BCUT2D eigenvalue weighted by Gasteiger charge is 2.61. The fraction of sp³-hybridized carbons (Fsp3) is 0.353. The molecule has 19 heavy (non-hydrogen) atoms. The molecule has 1 heterocycles. The second-order valence-corrected chi connectivity index (χ2v) is 5.95. The first kappa shape index (κ1) is 11.2. The molecule has 0 saturated carbocycles. The molecule has 2 unspecified atom stereocenters. The van der Waals surface area contributed by atoms with Gasteiger partial charge in [0.1, 0.15) is 0 Å². The normalized spacial score (nSPS) is 32.0. The van der Waals surface area contributed by atoms with Gasteiger partial charge in [-0.1, -0.05) is 43.3 Å². The lowest BCUT2D eigenvalue weighted by atomic mass is 9.74. The van der Waals surface area contributed by atoms with Gasteiger partial charge in [0.05, 0.1) is 5.60 Å². The van der Waals surface area contributed by atoms with Crippen molar-refractivity contribution in [2.24, 2.45) is 0 Å². The Labute approximate surface area is 112 Å². The van der Waals surface area contributed by atoms with Crippen molar-refractivity contribution in [2.45, 2.75) is 37.9 Å². The standard InChI is InChI=1S/C17H16O2/c1-3-16(2)10-17(19-16)13-9-5-7-11-6-4-8-12(14(11)13)15(17)18/h4-9H,3,10H2,1-2H3. The van der Waals surface area contributed by atoms with Crippen LogP contribution in [0.1, 0.15) is 42.6 Å². The average molecular weight is 252 g/mol. The molecule has 0 radical (unpaired) electrons.